The topological polar surface area (TPSA) is 57.6 Å². The van der Waals surface area contributed by atoms with E-state index in [-0.39, 0.29) is 11.6 Å². The average Bonchev–Trinajstić information content (AvgIpc) is 2.52. The zero-order valence-corrected chi connectivity index (χ0v) is 13.2. The molecule has 2 aromatic rings. The summed E-state index contributed by atoms with van der Waals surface area (Å²) in [5.74, 6) is -0.955. The van der Waals surface area contributed by atoms with Crippen molar-refractivity contribution in [3.63, 3.8) is 0 Å². The van der Waals surface area contributed by atoms with Crippen LogP contribution in [0.3, 0.4) is 0 Å². The number of anilines is 1. The third-order valence-electron chi connectivity index (χ3n) is 3.04. The van der Waals surface area contributed by atoms with Gasteiger partial charge < -0.3 is 9.41 Å². The van der Waals surface area contributed by atoms with E-state index in [4.69, 9.17) is 0 Å². The maximum atomic E-state index is 11.4. The molecule has 0 aromatic heterocycles. The van der Waals surface area contributed by atoms with E-state index >= 15 is 0 Å². The maximum absolute atomic E-state index is 11.4. The Hall–Kier alpha value is -2.27. The highest BCUT2D eigenvalue weighted by Gasteiger charge is 2.19. The van der Waals surface area contributed by atoms with Gasteiger partial charge in [0.2, 0.25) is 0 Å². The van der Waals surface area contributed by atoms with Crippen LogP contribution in [-0.4, -0.2) is 23.4 Å². The van der Waals surface area contributed by atoms with E-state index < -0.39 is 5.97 Å². The lowest BCUT2D eigenvalue weighted by molar-refractivity contribution is 0.0697. The molecule has 1 N–H and O–H groups in total. The summed E-state index contributed by atoms with van der Waals surface area (Å²) in [4.78, 5) is 23.2. The Labute approximate surface area is 133 Å². The number of aromatic carboxylic acids is 1. The van der Waals surface area contributed by atoms with Crippen LogP contribution < -0.4 is 4.31 Å². The average molecular weight is 315 g/mol. The van der Waals surface area contributed by atoms with Crippen LogP contribution in [0.2, 0.25) is 0 Å². The third kappa shape index (κ3) is 3.68. The summed E-state index contributed by atoms with van der Waals surface area (Å²) in [7, 11) is 0. The monoisotopic (exact) mass is 315 g/mol. The molecular formula is C17H17NO3S. The molecule has 114 valence electrons. The van der Waals surface area contributed by atoms with Crippen LogP contribution in [-0.2, 0) is 0 Å². The highest BCUT2D eigenvalue weighted by molar-refractivity contribution is 8.00. The normalized spacial score (nSPS) is 10.5. The fourth-order valence-corrected chi connectivity index (χ4v) is 3.06. The van der Waals surface area contributed by atoms with Gasteiger partial charge in [-0.05, 0) is 50.1 Å². The van der Waals surface area contributed by atoms with Crippen LogP contribution in [0.4, 0.5) is 5.69 Å². The van der Waals surface area contributed by atoms with Gasteiger partial charge in [0.1, 0.15) is 6.29 Å². The molecule has 0 aliphatic carbocycles. The predicted octanol–water partition coefficient (Wildman–Crippen LogP) is 4.12. The molecule has 0 saturated carbocycles. The number of para-hydroxylation sites is 1. The Morgan fingerprint density at radius 3 is 2.55 bits per heavy atom. The standard InChI is InChI=1S/C17H17NO3S/c1-12(2)18(16-9-4-3-8-15(16)17(20)21)22-14-7-5-6-13(10-14)11-19/h3-12H,1-2H3,(H,20,21). The molecule has 5 heteroatoms. The van der Waals surface area contributed by atoms with Crippen molar-refractivity contribution in [3.05, 3.63) is 59.7 Å². The van der Waals surface area contributed by atoms with Crippen molar-refractivity contribution in [2.24, 2.45) is 0 Å². The number of carbonyl (C=O) groups is 2. The van der Waals surface area contributed by atoms with E-state index in [1.165, 1.54) is 11.9 Å². The lowest BCUT2D eigenvalue weighted by Gasteiger charge is -2.28. The highest BCUT2D eigenvalue weighted by atomic mass is 32.2. The maximum Gasteiger partial charge on any atom is 0.337 e. The number of hydrogen-bond donors (Lipinski definition) is 1. The van der Waals surface area contributed by atoms with Gasteiger partial charge in [-0.2, -0.15) is 0 Å². The molecule has 22 heavy (non-hydrogen) atoms. The molecule has 2 aromatic carbocycles. The molecular weight excluding hydrogens is 298 g/mol. The Bertz CT molecular complexity index is 685. The fraction of sp³-hybridized carbons (Fsp3) is 0.176. The van der Waals surface area contributed by atoms with E-state index in [0.717, 1.165) is 11.2 Å². The van der Waals surface area contributed by atoms with Crippen LogP contribution in [0, 0.1) is 0 Å². The van der Waals surface area contributed by atoms with E-state index in [0.29, 0.717) is 11.3 Å². The van der Waals surface area contributed by atoms with E-state index in [2.05, 4.69) is 0 Å². The van der Waals surface area contributed by atoms with Gasteiger partial charge in [0.15, 0.2) is 0 Å². The Morgan fingerprint density at radius 2 is 1.91 bits per heavy atom. The summed E-state index contributed by atoms with van der Waals surface area (Å²) in [6.45, 7) is 3.99. The molecule has 0 radical (unpaired) electrons. The van der Waals surface area contributed by atoms with Gasteiger partial charge in [-0.1, -0.05) is 24.3 Å². The largest absolute Gasteiger partial charge is 0.478 e. The van der Waals surface area contributed by atoms with E-state index in [9.17, 15) is 14.7 Å². The number of hydrogen-bond acceptors (Lipinski definition) is 4. The predicted molar refractivity (Wildman–Crippen MR) is 88.7 cm³/mol. The number of aldehydes is 1. The first-order valence-electron chi connectivity index (χ1n) is 6.87. The third-order valence-corrected chi connectivity index (χ3v) is 4.32. The molecule has 0 aliphatic heterocycles. The summed E-state index contributed by atoms with van der Waals surface area (Å²) in [5, 5.41) is 9.36. The number of carboxylic acids is 1. The Balaban J connectivity index is 2.39. The number of nitrogens with zero attached hydrogens (tertiary/aromatic N) is 1. The molecule has 0 fully saturated rings. The number of rotatable bonds is 6. The molecule has 0 aliphatic rings. The molecule has 2 rings (SSSR count). The molecule has 0 amide bonds. The molecule has 0 bridgehead atoms. The zero-order valence-electron chi connectivity index (χ0n) is 12.4. The molecule has 0 spiro atoms. The van der Waals surface area contributed by atoms with Crippen LogP contribution >= 0.6 is 11.9 Å². The van der Waals surface area contributed by atoms with Crippen molar-refractivity contribution in [1.29, 1.82) is 0 Å². The minimum absolute atomic E-state index is 0.0883. The van der Waals surface area contributed by atoms with Gasteiger partial charge in [0.05, 0.1) is 11.3 Å². The molecule has 0 saturated heterocycles. The fourth-order valence-electron chi connectivity index (χ4n) is 2.04. The first kappa shape index (κ1) is 16.1. The summed E-state index contributed by atoms with van der Waals surface area (Å²) in [6.07, 6.45) is 0.801. The second-order valence-corrected chi connectivity index (χ2v) is 6.07. The molecule has 0 atom stereocenters. The van der Waals surface area contributed by atoms with Crippen molar-refractivity contribution in [2.75, 3.05) is 4.31 Å². The minimum atomic E-state index is -0.955. The second kappa shape index (κ2) is 7.13. The zero-order chi connectivity index (χ0) is 16.1. The van der Waals surface area contributed by atoms with Gasteiger partial charge in [0.25, 0.3) is 0 Å². The number of carboxylic acid groups (broad SMARTS) is 1. The van der Waals surface area contributed by atoms with Gasteiger partial charge in [-0.25, -0.2) is 4.79 Å². The Morgan fingerprint density at radius 1 is 1.18 bits per heavy atom. The van der Waals surface area contributed by atoms with Gasteiger partial charge in [-0.15, -0.1) is 0 Å². The smallest absolute Gasteiger partial charge is 0.337 e. The van der Waals surface area contributed by atoms with Crippen molar-refractivity contribution < 1.29 is 14.7 Å². The summed E-state index contributed by atoms with van der Waals surface area (Å²) >= 11 is 1.42. The van der Waals surface area contributed by atoms with Gasteiger partial charge >= 0.3 is 5.97 Å². The minimum Gasteiger partial charge on any atom is -0.478 e. The molecule has 0 unspecified atom stereocenters. The second-order valence-electron chi connectivity index (χ2n) is 5.02. The number of carbonyl (C=O) groups excluding carboxylic acids is 1. The highest BCUT2D eigenvalue weighted by Crippen LogP contribution is 2.33. The Kier molecular flexibility index (Phi) is 5.22. The number of benzene rings is 2. The quantitative estimate of drug-likeness (QED) is 0.642. The van der Waals surface area contributed by atoms with Crippen molar-refractivity contribution in [2.45, 2.75) is 24.8 Å². The molecule has 0 heterocycles. The van der Waals surface area contributed by atoms with Crippen LogP contribution in [0.25, 0.3) is 0 Å². The summed E-state index contributed by atoms with van der Waals surface area (Å²) in [5.41, 5.74) is 1.50. The lowest BCUT2D eigenvalue weighted by Crippen LogP contribution is -2.25. The van der Waals surface area contributed by atoms with Crippen LogP contribution in [0.15, 0.2) is 53.4 Å². The van der Waals surface area contributed by atoms with Crippen molar-refractivity contribution in [1.82, 2.24) is 0 Å². The van der Waals surface area contributed by atoms with E-state index in [1.807, 2.05) is 36.4 Å². The lowest BCUT2D eigenvalue weighted by atomic mass is 10.1. The SMILES string of the molecule is CC(C)N(Sc1cccc(C=O)c1)c1ccccc1C(=O)O. The summed E-state index contributed by atoms with van der Waals surface area (Å²) < 4.78 is 1.94. The van der Waals surface area contributed by atoms with E-state index in [1.54, 1.807) is 30.3 Å². The van der Waals surface area contributed by atoms with Gasteiger partial charge in [-0.3, -0.25) is 4.79 Å². The molecule has 4 nitrogen and oxygen atoms in total. The van der Waals surface area contributed by atoms with Crippen molar-refractivity contribution in [3.8, 4) is 0 Å². The first-order chi connectivity index (χ1) is 10.5. The first-order valence-corrected chi connectivity index (χ1v) is 7.65. The summed E-state index contributed by atoms with van der Waals surface area (Å²) in [6, 6.07) is 14.2. The van der Waals surface area contributed by atoms with Crippen LogP contribution in [0.5, 0.6) is 0 Å². The van der Waals surface area contributed by atoms with Gasteiger partial charge in [0, 0.05) is 16.5 Å². The van der Waals surface area contributed by atoms with Crippen molar-refractivity contribution >= 4 is 29.9 Å². The van der Waals surface area contributed by atoms with Crippen LogP contribution in [0.1, 0.15) is 34.6 Å².